The smallest absolute Gasteiger partial charge is 0.410 e. The Morgan fingerprint density at radius 2 is 1.96 bits per heavy atom. The standard InChI is InChI=1S/C18H23N3O2S/c1-20-8-10-21(11-9-20)17(15-7-12-24-14-15)13-19-18(22)23-16-5-3-2-4-6-16/h2-7,12,14,17H,8-11,13H2,1H3,(H,19,22). The largest absolute Gasteiger partial charge is 0.412 e. The van der Waals surface area contributed by atoms with E-state index in [1.54, 1.807) is 23.5 Å². The van der Waals surface area contributed by atoms with Gasteiger partial charge in [-0.05, 0) is 41.6 Å². The lowest BCUT2D eigenvalue weighted by molar-refractivity contribution is 0.109. The molecule has 1 aliphatic rings. The molecule has 128 valence electrons. The minimum absolute atomic E-state index is 0.188. The molecule has 1 unspecified atom stereocenters. The summed E-state index contributed by atoms with van der Waals surface area (Å²) in [5.74, 6) is 0.557. The number of carbonyl (C=O) groups excluding carboxylic acids is 1. The maximum absolute atomic E-state index is 12.1. The third-order valence-electron chi connectivity index (χ3n) is 4.30. The number of rotatable bonds is 5. The van der Waals surface area contributed by atoms with Crippen molar-refractivity contribution in [1.29, 1.82) is 0 Å². The van der Waals surface area contributed by atoms with E-state index in [0.29, 0.717) is 12.3 Å². The molecule has 1 aromatic heterocycles. The first-order chi connectivity index (χ1) is 11.7. The number of carbonyl (C=O) groups is 1. The molecular weight excluding hydrogens is 322 g/mol. The fourth-order valence-corrected chi connectivity index (χ4v) is 3.57. The van der Waals surface area contributed by atoms with E-state index in [9.17, 15) is 4.79 Å². The quantitative estimate of drug-likeness (QED) is 0.905. The van der Waals surface area contributed by atoms with Gasteiger partial charge in [0.1, 0.15) is 5.75 Å². The van der Waals surface area contributed by atoms with Crippen LogP contribution in [-0.4, -0.2) is 55.7 Å². The second kappa shape index (κ2) is 8.28. The molecule has 1 atom stereocenters. The number of piperazine rings is 1. The number of nitrogens with zero attached hydrogens (tertiary/aromatic N) is 2. The van der Waals surface area contributed by atoms with Gasteiger partial charge in [-0.15, -0.1) is 0 Å². The summed E-state index contributed by atoms with van der Waals surface area (Å²) in [5.41, 5.74) is 1.25. The molecule has 1 fully saturated rings. The van der Waals surface area contributed by atoms with E-state index in [1.165, 1.54) is 5.56 Å². The highest BCUT2D eigenvalue weighted by atomic mass is 32.1. The Bertz CT molecular complexity index is 625. The lowest BCUT2D eigenvalue weighted by Gasteiger charge is -2.37. The van der Waals surface area contributed by atoms with Crippen LogP contribution in [0.1, 0.15) is 11.6 Å². The van der Waals surface area contributed by atoms with Crippen molar-refractivity contribution < 1.29 is 9.53 Å². The molecule has 0 aliphatic carbocycles. The zero-order valence-corrected chi connectivity index (χ0v) is 14.7. The van der Waals surface area contributed by atoms with Crippen LogP contribution in [-0.2, 0) is 0 Å². The van der Waals surface area contributed by atoms with Crippen LogP contribution in [0.15, 0.2) is 47.2 Å². The Hall–Kier alpha value is -1.89. The molecule has 2 aromatic rings. The molecule has 24 heavy (non-hydrogen) atoms. The van der Waals surface area contributed by atoms with Crippen LogP contribution in [0.4, 0.5) is 4.79 Å². The van der Waals surface area contributed by atoms with Crippen molar-refractivity contribution in [3.05, 3.63) is 52.7 Å². The zero-order valence-electron chi connectivity index (χ0n) is 13.9. The first kappa shape index (κ1) is 17.0. The molecular formula is C18H23N3O2S. The third-order valence-corrected chi connectivity index (χ3v) is 5.00. The minimum atomic E-state index is -0.407. The SMILES string of the molecule is CN1CCN(C(CNC(=O)Oc2ccccc2)c2ccsc2)CC1. The fourth-order valence-electron chi connectivity index (χ4n) is 2.87. The molecule has 1 amide bonds. The average molecular weight is 345 g/mol. The van der Waals surface area contributed by atoms with Crippen LogP contribution in [0, 0.1) is 0 Å². The maximum Gasteiger partial charge on any atom is 0.412 e. The summed E-state index contributed by atoms with van der Waals surface area (Å²) in [6, 6.07) is 11.5. The van der Waals surface area contributed by atoms with Crippen molar-refractivity contribution in [3.8, 4) is 5.75 Å². The van der Waals surface area contributed by atoms with E-state index in [2.05, 4.69) is 39.0 Å². The van der Waals surface area contributed by atoms with E-state index in [4.69, 9.17) is 4.74 Å². The van der Waals surface area contributed by atoms with Crippen LogP contribution in [0.5, 0.6) is 5.75 Å². The monoisotopic (exact) mass is 345 g/mol. The van der Waals surface area contributed by atoms with E-state index in [1.807, 2.05) is 18.2 Å². The van der Waals surface area contributed by atoms with Crippen LogP contribution >= 0.6 is 11.3 Å². The topological polar surface area (TPSA) is 44.8 Å². The molecule has 0 bridgehead atoms. The molecule has 0 radical (unpaired) electrons. The second-order valence-corrected chi connectivity index (χ2v) is 6.78. The summed E-state index contributed by atoms with van der Waals surface area (Å²) in [4.78, 5) is 16.8. The fraction of sp³-hybridized carbons (Fsp3) is 0.389. The van der Waals surface area contributed by atoms with Crippen LogP contribution in [0.3, 0.4) is 0 Å². The average Bonchev–Trinajstić information content (AvgIpc) is 3.12. The summed E-state index contributed by atoms with van der Waals surface area (Å²) in [5, 5.41) is 7.16. The lowest BCUT2D eigenvalue weighted by Crippen LogP contribution is -2.48. The van der Waals surface area contributed by atoms with Crippen molar-refractivity contribution in [2.24, 2.45) is 0 Å². The molecule has 2 heterocycles. The maximum atomic E-state index is 12.1. The first-order valence-electron chi connectivity index (χ1n) is 8.18. The van der Waals surface area contributed by atoms with Crippen molar-refractivity contribution in [3.63, 3.8) is 0 Å². The summed E-state index contributed by atoms with van der Waals surface area (Å²) in [6.45, 7) is 4.66. The second-order valence-electron chi connectivity index (χ2n) is 6.00. The predicted octanol–water partition coefficient (Wildman–Crippen LogP) is 2.83. The van der Waals surface area contributed by atoms with Gasteiger partial charge in [-0.1, -0.05) is 18.2 Å². The molecule has 5 nitrogen and oxygen atoms in total. The molecule has 1 aliphatic heterocycles. The normalized spacial score (nSPS) is 17.4. The summed E-state index contributed by atoms with van der Waals surface area (Å²) >= 11 is 1.69. The number of hydrogen-bond acceptors (Lipinski definition) is 5. The minimum Gasteiger partial charge on any atom is -0.410 e. The van der Waals surface area contributed by atoms with Gasteiger partial charge in [-0.2, -0.15) is 11.3 Å². The van der Waals surface area contributed by atoms with Gasteiger partial charge < -0.3 is 15.0 Å². The highest BCUT2D eigenvalue weighted by molar-refractivity contribution is 7.07. The van der Waals surface area contributed by atoms with Gasteiger partial charge in [0.05, 0.1) is 6.04 Å². The van der Waals surface area contributed by atoms with Crippen LogP contribution in [0.2, 0.25) is 0 Å². The Balaban J connectivity index is 1.59. The highest BCUT2D eigenvalue weighted by Crippen LogP contribution is 2.23. The van der Waals surface area contributed by atoms with Gasteiger partial charge in [0.2, 0.25) is 0 Å². The Labute approximate surface area is 146 Å². The van der Waals surface area contributed by atoms with E-state index in [-0.39, 0.29) is 6.04 Å². The van der Waals surface area contributed by atoms with Gasteiger partial charge in [-0.3, -0.25) is 4.90 Å². The van der Waals surface area contributed by atoms with E-state index < -0.39 is 6.09 Å². The zero-order chi connectivity index (χ0) is 16.8. The number of ether oxygens (including phenoxy) is 1. The number of thiophene rings is 1. The van der Waals surface area contributed by atoms with Crippen molar-refractivity contribution in [1.82, 2.24) is 15.1 Å². The van der Waals surface area contributed by atoms with Gasteiger partial charge in [0.25, 0.3) is 0 Å². The number of nitrogens with one attached hydrogen (secondary N) is 1. The predicted molar refractivity (Wildman–Crippen MR) is 96.6 cm³/mol. The molecule has 3 rings (SSSR count). The molecule has 0 spiro atoms. The van der Waals surface area contributed by atoms with Crippen molar-refractivity contribution in [2.45, 2.75) is 6.04 Å². The number of amides is 1. The summed E-state index contributed by atoms with van der Waals surface area (Å²) in [6.07, 6.45) is -0.407. The van der Waals surface area contributed by atoms with Crippen molar-refractivity contribution in [2.75, 3.05) is 39.8 Å². The highest BCUT2D eigenvalue weighted by Gasteiger charge is 2.24. The number of para-hydroxylation sites is 1. The van der Waals surface area contributed by atoms with Gasteiger partial charge >= 0.3 is 6.09 Å². The molecule has 6 heteroatoms. The number of likely N-dealkylation sites (N-methyl/N-ethyl adjacent to an activating group) is 1. The summed E-state index contributed by atoms with van der Waals surface area (Å²) in [7, 11) is 2.15. The molecule has 1 saturated heterocycles. The van der Waals surface area contributed by atoms with Gasteiger partial charge in [-0.25, -0.2) is 4.79 Å². The van der Waals surface area contributed by atoms with E-state index >= 15 is 0 Å². The number of hydrogen-bond donors (Lipinski definition) is 1. The molecule has 0 saturated carbocycles. The van der Waals surface area contributed by atoms with Crippen molar-refractivity contribution >= 4 is 17.4 Å². The van der Waals surface area contributed by atoms with Crippen LogP contribution in [0.25, 0.3) is 0 Å². The summed E-state index contributed by atoms with van der Waals surface area (Å²) < 4.78 is 5.31. The third kappa shape index (κ3) is 4.56. The first-order valence-corrected chi connectivity index (χ1v) is 9.12. The Morgan fingerprint density at radius 3 is 2.62 bits per heavy atom. The number of benzene rings is 1. The van der Waals surface area contributed by atoms with Gasteiger partial charge in [0, 0.05) is 32.7 Å². The Kier molecular flexibility index (Phi) is 5.85. The van der Waals surface area contributed by atoms with Crippen LogP contribution < -0.4 is 10.1 Å². The van der Waals surface area contributed by atoms with Gasteiger partial charge in [0.15, 0.2) is 0 Å². The molecule has 1 N–H and O–H groups in total. The Morgan fingerprint density at radius 1 is 1.21 bits per heavy atom. The lowest BCUT2D eigenvalue weighted by atomic mass is 10.1. The van der Waals surface area contributed by atoms with E-state index in [0.717, 1.165) is 26.2 Å². The molecule has 1 aromatic carbocycles.